The van der Waals surface area contributed by atoms with Crippen LogP contribution in [0.1, 0.15) is 10.4 Å². The molecule has 142 valence electrons. The van der Waals surface area contributed by atoms with Crippen LogP contribution in [0.5, 0.6) is 5.75 Å². The van der Waals surface area contributed by atoms with E-state index in [1.54, 1.807) is 39.2 Å². The predicted octanol–water partition coefficient (Wildman–Crippen LogP) is -0.665. The molecule has 0 radical (unpaired) electrons. The van der Waals surface area contributed by atoms with Crippen molar-refractivity contribution in [1.82, 2.24) is 16.0 Å². The van der Waals surface area contributed by atoms with Crippen LogP contribution in [0, 0.1) is 11.7 Å². The van der Waals surface area contributed by atoms with Gasteiger partial charge in [-0.1, -0.05) is 17.1 Å². The lowest BCUT2D eigenvalue weighted by atomic mass is 10.2. The Labute approximate surface area is 158 Å². The number of azide groups is 1. The number of nitrogens with zero attached hydrogens (tertiary/aromatic N) is 3. The Kier molecular flexibility index (Phi) is 10.6. The Morgan fingerprint density at radius 2 is 2.22 bits per heavy atom. The van der Waals surface area contributed by atoms with Crippen molar-refractivity contribution in [3.8, 4) is 17.5 Å². The molecule has 1 aromatic carbocycles. The van der Waals surface area contributed by atoms with E-state index >= 15 is 0 Å². The third-order valence-electron chi connectivity index (χ3n) is 3.05. The van der Waals surface area contributed by atoms with E-state index in [2.05, 4.69) is 37.7 Å². The molecule has 11 heteroatoms. The van der Waals surface area contributed by atoms with E-state index in [9.17, 15) is 9.59 Å². The average Bonchev–Trinajstić information content (AvgIpc) is 2.68. The largest absolute Gasteiger partial charge is 0.491 e. The number of benzene rings is 1. The van der Waals surface area contributed by atoms with Gasteiger partial charge in [0, 0.05) is 10.5 Å². The predicted molar refractivity (Wildman–Crippen MR) is 102 cm³/mol. The molecule has 0 aliphatic carbocycles. The maximum Gasteiger partial charge on any atom is 0.252 e. The van der Waals surface area contributed by atoms with Gasteiger partial charge in [0.1, 0.15) is 19.0 Å². The summed E-state index contributed by atoms with van der Waals surface area (Å²) in [5.74, 6) is 5.08. The van der Waals surface area contributed by atoms with Crippen LogP contribution in [-0.2, 0) is 9.53 Å². The van der Waals surface area contributed by atoms with E-state index < -0.39 is 6.23 Å². The fourth-order valence-electron chi connectivity index (χ4n) is 1.79. The summed E-state index contributed by atoms with van der Waals surface area (Å²) in [4.78, 5) is 26.2. The van der Waals surface area contributed by atoms with Crippen LogP contribution in [-0.4, -0.2) is 59.4 Å². The van der Waals surface area contributed by atoms with Gasteiger partial charge in [0.15, 0.2) is 14.1 Å². The minimum atomic E-state index is -1.00. The van der Waals surface area contributed by atoms with Crippen molar-refractivity contribution in [1.29, 1.82) is 0 Å². The van der Waals surface area contributed by atoms with Gasteiger partial charge < -0.3 is 25.4 Å². The Balaban J connectivity index is 2.56. The normalized spacial score (nSPS) is 10.6. The molecule has 0 saturated carbocycles. The Morgan fingerprint density at radius 3 is 2.93 bits per heavy atom. The standard InChI is InChI=1S/C16H21BN6O4/c1-19-11-21-16(25)12-4-2-5-13(8-12)26-10-15(22-23-18)27-9-14(24)20-7-3-6-17/h2,4-5,8,15,19H,7,9-11,17H2,1H3,(H,20,24)(H,21,25). The van der Waals surface area contributed by atoms with Crippen molar-refractivity contribution in [3.05, 3.63) is 40.3 Å². The van der Waals surface area contributed by atoms with Crippen molar-refractivity contribution in [3.63, 3.8) is 0 Å². The van der Waals surface area contributed by atoms with Crippen molar-refractivity contribution < 1.29 is 19.1 Å². The Bertz CT molecular complexity index is 742. The van der Waals surface area contributed by atoms with Gasteiger partial charge in [-0.3, -0.25) is 9.59 Å². The molecule has 0 spiro atoms. The van der Waals surface area contributed by atoms with E-state index in [1.165, 1.54) is 0 Å². The van der Waals surface area contributed by atoms with Gasteiger partial charge in [-0.15, -0.1) is 0 Å². The molecule has 0 saturated heterocycles. The highest BCUT2D eigenvalue weighted by Gasteiger charge is 2.12. The Morgan fingerprint density at radius 1 is 1.41 bits per heavy atom. The summed E-state index contributed by atoms with van der Waals surface area (Å²) in [6.07, 6.45) is -1.00. The highest BCUT2D eigenvalue weighted by molar-refractivity contribution is 6.22. The molecule has 3 N–H and O–H groups in total. The second-order valence-electron chi connectivity index (χ2n) is 5.05. The Hall–Kier alpha value is -3.19. The van der Waals surface area contributed by atoms with Crippen LogP contribution < -0.4 is 20.7 Å². The van der Waals surface area contributed by atoms with Gasteiger partial charge in [-0.2, -0.15) is 5.82 Å². The molecule has 0 bridgehead atoms. The maximum atomic E-state index is 11.9. The monoisotopic (exact) mass is 372 g/mol. The zero-order valence-corrected chi connectivity index (χ0v) is 15.2. The molecule has 1 unspecified atom stereocenters. The molecular weight excluding hydrogens is 351 g/mol. The molecule has 2 amide bonds. The number of rotatable bonds is 11. The molecule has 0 heterocycles. The number of carbonyl (C=O) groups excluding carboxylic acids is 2. The van der Waals surface area contributed by atoms with E-state index in [1.807, 2.05) is 0 Å². The van der Waals surface area contributed by atoms with Crippen LogP contribution >= 0.6 is 0 Å². The topological polar surface area (TPSA) is 137 Å². The number of hydrogen-bond donors (Lipinski definition) is 3. The molecule has 1 atom stereocenters. The number of nitrogens with one attached hydrogen (secondary N) is 3. The quantitative estimate of drug-likeness (QED) is 0.118. The van der Waals surface area contributed by atoms with Gasteiger partial charge in [0.05, 0.1) is 13.2 Å². The molecule has 27 heavy (non-hydrogen) atoms. The van der Waals surface area contributed by atoms with Crippen LogP contribution in [0.25, 0.3) is 10.4 Å². The number of hydrogen-bond acceptors (Lipinski definition) is 6. The van der Waals surface area contributed by atoms with Gasteiger partial charge in [-0.25, -0.2) is 0 Å². The second kappa shape index (κ2) is 13.1. The second-order valence-corrected chi connectivity index (χ2v) is 5.05. The minimum absolute atomic E-state index is 0.117. The van der Waals surface area contributed by atoms with Gasteiger partial charge in [-0.05, 0) is 30.8 Å². The minimum Gasteiger partial charge on any atom is -0.491 e. The highest BCUT2D eigenvalue weighted by Crippen LogP contribution is 2.14. The molecule has 1 rings (SSSR count). The number of carbonyl (C=O) groups is 2. The third kappa shape index (κ3) is 9.18. The zero-order valence-electron chi connectivity index (χ0n) is 15.2. The van der Waals surface area contributed by atoms with Crippen molar-refractivity contribution >= 4 is 19.7 Å². The molecule has 0 aromatic heterocycles. The number of ether oxygens (including phenoxy) is 2. The first kappa shape index (κ1) is 21.9. The first-order chi connectivity index (χ1) is 13.1. The van der Waals surface area contributed by atoms with E-state index in [0.29, 0.717) is 18.0 Å². The fraction of sp³-hybridized carbons (Fsp3) is 0.375. The highest BCUT2D eigenvalue weighted by atomic mass is 16.5. The van der Waals surface area contributed by atoms with Gasteiger partial charge in [0.2, 0.25) is 5.91 Å². The summed E-state index contributed by atoms with van der Waals surface area (Å²) >= 11 is 0. The van der Waals surface area contributed by atoms with E-state index in [4.69, 9.17) is 15.0 Å². The first-order valence-corrected chi connectivity index (χ1v) is 8.08. The van der Waals surface area contributed by atoms with E-state index in [0.717, 1.165) is 0 Å². The van der Waals surface area contributed by atoms with Gasteiger partial charge in [0.25, 0.3) is 5.91 Å². The lowest BCUT2D eigenvalue weighted by molar-refractivity contribution is -0.127. The fourth-order valence-corrected chi connectivity index (χ4v) is 1.79. The average molecular weight is 372 g/mol. The van der Waals surface area contributed by atoms with Crippen molar-refractivity contribution in [2.75, 3.05) is 33.5 Å². The maximum absolute atomic E-state index is 11.9. The van der Waals surface area contributed by atoms with Crippen LogP contribution in [0.15, 0.2) is 29.4 Å². The molecule has 1 aromatic rings. The summed E-state index contributed by atoms with van der Waals surface area (Å²) in [5.41, 5.74) is 9.03. The summed E-state index contributed by atoms with van der Waals surface area (Å²) in [5, 5.41) is 11.4. The van der Waals surface area contributed by atoms with E-state index in [-0.39, 0.29) is 31.6 Å². The van der Waals surface area contributed by atoms with Crippen LogP contribution in [0.3, 0.4) is 0 Å². The van der Waals surface area contributed by atoms with Gasteiger partial charge >= 0.3 is 0 Å². The zero-order chi connectivity index (χ0) is 19.9. The summed E-state index contributed by atoms with van der Waals surface area (Å²) < 4.78 is 10.7. The summed E-state index contributed by atoms with van der Waals surface area (Å²) in [6, 6.07) is 6.50. The molecule has 0 fully saturated rings. The summed E-state index contributed by atoms with van der Waals surface area (Å²) in [7, 11) is 3.38. The van der Waals surface area contributed by atoms with Crippen molar-refractivity contribution in [2.45, 2.75) is 6.23 Å². The smallest absolute Gasteiger partial charge is 0.252 e. The first-order valence-electron chi connectivity index (χ1n) is 8.08. The lowest BCUT2D eigenvalue weighted by Crippen LogP contribution is -2.32. The lowest BCUT2D eigenvalue weighted by Gasteiger charge is -2.14. The van der Waals surface area contributed by atoms with Crippen molar-refractivity contribution in [2.24, 2.45) is 5.11 Å². The third-order valence-corrected chi connectivity index (χ3v) is 3.05. The summed E-state index contributed by atoms with van der Waals surface area (Å²) in [6.45, 7) is 0.130. The van der Waals surface area contributed by atoms with Crippen LogP contribution in [0.2, 0.25) is 0 Å². The molecular formula is C16H21BN6O4. The molecule has 0 aliphatic heterocycles. The van der Waals surface area contributed by atoms with Crippen LogP contribution in [0.4, 0.5) is 0 Å². The SMILES string of the molecule is BC#CCNC(=O)COC(COc1cccc(C(=O)NCNC)c1)N=[N+]=[N-]. The number of amides is 2. The molecule has 10 nitrogen and oxygen atoms in total. The molecule has 0 aliphatic rings.